The number of aliphatic imine (C=N–C) groups is 2. The van der Waals surface area contributed by atoms with E-state index >= 15 is 0 Å². The van der Waals surface area contributed by atoms with Gasteiger partial charge in [0.1, 0.15) is 6.61 Å². The molecule has 0 heterocycles. The lowest BCUT2D eigenvalue weighted by atomic mass is 10.2. The molecule has 0 bridgehead atoms. The Morgan fingerprint density at radius 1 is 1.26 bits per heavy atom. The first-order chi connectivity index (χ1) is 9.33. The fraction of sp³-hybridized carbons (Fsp3) is 0.429. The smallest absolute Gasteiger partial charge is 0.407 e. The van der Waals surface area contributed by atoms with Gasteiger partial charge < -0.3 is 10.1 Å². The highest BCUT2D eigenvalue weighted by atomic mass is 16.5. The van der Waals surface area contributed by atoms with Crippen LogP contribution in [-0.2, 0) is 11.3 Å². The molecule has 5 nitrogen and oxygen atoms in total. The maximum Gasteiger partial charge on any atom is 0.407 e. The van der Waals surface area contributed by atoms with Gasteiger partial charge in [0.15, 0.2) is 0 Å². The van der Waals surface area contributed by atoms with E-state index in [9.17, 15) is 4.79 Å². The van der Waals surface area contributed by atoms with E-state index in [1.165, 1.54) is 0 Å². The fourth-order valence-electron chi connectivity index (χ4n) is 1.25. The minimum atomic E-state index is -0.440. The van der Waals surface area contributed by atoms with E-state index < -0.39 is 6.09 Å². The largest absolute Gasteiger partial charge is 0.445 e. The molecule has 1 rings (SSSR count). The maximum atomic E-state index is 11.3. The van der Waals surface area contributed by atoms with Gasteiger partial charge in [0.2, 0.25) is 0 Å². The summed E-state index contributed by atoms with van der Waals surface area (Å²) in [5, 5.41) is 2.61. The Morgan fingerprint density at radius 3 is 2.74 bits per heavy atom. The van der Waals surface area contributed by atoms with Crippen molar-refractivity contribution in [1.29, 1.82) is 0 Å². The molecule has 1 amide bonds. The zero-order chi connectivity index (χ0) is 13.8. The summed E-state index contributed by atoms with van der Waals surface area (Å²) in [4.78, 5) is 19.2. The van der Waals surface area contributed by atoms with Crippen LogP contribution in [0.25, 0.3) is 0 Å². The molecular weight excluding hydrogens is 242 g/mol. The Hall–Kier alpha value is -2.13. The average Bonchev–Trinajstić information content (AvgIpc) is 2.45. The standard InChI is InChI=1S/C14H19N3O2/c1-2-8-15-12-16-9-10-17-14(18)19-11-13-6-4-3-5-7-13/h3-7H,2,8-11H2,1H3,(H,17,18). The molecule has 0 aliphatic heterocycles. The van der Waals surface area contributed by atoms with Crippen molar-refractivity contribution < 1.29 is 9.53 Å². The molecule has 0 unspecified atom stereocenters. The number of rotatable bonds is 7. The third kappa shape index (κ3) is 7.73. The van der Waals surface area contributed by atoms with E-state index in [0.29, 0.717) is 13.1 Å². The summed E-state index contributed by atoms with van der Waals surface area (Å²) in [6, 6.07) is 12.1. The van der Waals surface area contributed by atoms with Gasteiger partial charge in [-0.2, -0.15) is 0 Å². The fourth-order valence-corrected chi connectivity index (χ4v) is 1.25. The van der Waals surface area contributed by atoms with Gasteiger partial charge in [-0.1, -0.05) is 37.3 Å². The van der Waals surface area contributed by atoms with E-state index in [1.807, 2.05) is 37.3 Å². The van der Waals surface area contributed by atoms with Gasteiger partial charge in [0.25, 0.3) is 0 Å². The predicted molar refractivity (Wildman–Crippen MR) is 74.5 cm³/mol. The topological polar surface area (TPSA) is 63.0 Å². The first-order valence-electron chi connectivity index (χ1n) is 6.35. The highest BCUT2D eigenvalue weighted by molar-refractivity contribution is 5.67. The summed E-state index contributed by atoms with van der Waals surface area (Å²) >= 11 is 0. The highest BCUT2D eigenvalue weighted by Gasteiger charge is 2.00. The third-order valence-corrected chi connectivity index (χ3v) is 2.18. The van der Waals surface area contributed by atoms with Crippen molar-refractivity contribution in [1.82, 2.24) is 5.32 Å². The number of nitrogens with one attached hydrogen (secondary N) is 1. The molecule has 0 fully saturated rings. The lowest BCUT2D eigenvalue weighted by molar-refractivity contribution is 0.140. The first-order valence-corrected chi connectivity index (χ1v) is 6.35. The molecule has 0 saturated heterocycles. The minimum absolute atomic E-state index is 0.272. The summed E-state index contributed by atoms with van der Waals surface area (Å²) in [6.07, 6.45) is 0.539. The van der Waals surface area contributed by atoms with E-state index in [0.717, 1.165) is 18.5 Å². The lowest BCUT2D eigenvalue weighted by Gasteiger charge is -2.05. The van der Waals surface area contributed by atoms with E-state index in [-0.39, 0.29) is 6.61 Å². The third-order valence-electron chi connectivity index (χ3n) is 2.18. The first kappa shape index (κ1) is 14.9. The molecule has 0 aromatic heterocycles. The summed E-state index contributed by atoms with van der Waals surface area (Å²) in [5.41, 5.74) is 0.961. The van der Waals surface area contributed by atoms with Crippen LogP contribution < -0.4 is 5.32 Å². The Morgan fingerprint density at radius 2 is 2.00 bits per heavy atom. The zero-order valence-electron chi connectivity index (χ0n) is 11.1. The number of nitrogens with zero attached hydrogens (tertiary/aromatic N) is 2. The van der Waals surface area contributed by atoms with Gasteiger partial charge in [0, 0.05) is 13.1 Å². The van der Waals surface area contributed by atoms with E-state index in [2.05, 4.69) is 21.3 Å². The molecule has 102 valence electrons. The van der Waals surface area contributed by atoms with Crippen LogP contribution in [0.15, 0.2) is 40.3 Å². The normalized spacial score (nSPS) is 9.32. The molecule has 19 heavy (non-hydrogen) atoms. The Bertz CT molecular complexity index is 426. The Labute approximate surface area is 113 Å². The van der Waals surface area contributed by atoms with Gasteiger partial charge in [-0.05, 0) is 12.0 Å². The summed E-state index contributed by atoms with van der Waals surface area (Å²) < 4.78 is 5.04. The molecule has 1 aromatic carbocycles. The van der Waals surface area contributed by atoms with Gasteiger partial charge in [0.05, 0.1) is 12.6 Å². The number of alkyl carbamates (subject to hydrolysis) is 1. The van der Waals surface area contributed by atoms with Gasteiger partial charge in [-0.25, -0.2) is 14.8 Å². The van der Waals surface area contributed by atoms with E-state index in [4.69, 9.17) is 4.74 Å². The summed E-state index contributed by atoms with van der Waals surface area (Å²) in [6.45, 7) is 3.91. The van der Waals surface area contributed by atoms with Crippen molar-refractivity contribution in [3.05, 3.63) is 35.9 Å². The molecule has 0 spiro atoms. The van der Waals surface area contributed by atoms with Gasteiger partial charge >= 0.3 is 6.09 Å². The van der Waals surface area contributed by atoms with E-state index in [1.54, 1.807) is 0 Å². The average molecular weight is 261 g/mol. The zero-order valence-corrected chi connectivity index (χ0v) is 11.1. The minimum Gasteiger partial charge on any atom is -0.445 e. The van der Waals surface area contributed by atoms with Crippen molar-refractivity contribution in [2.45, 2.75) is 20.0 Å². The number of hydrogen-bond acceptors (Lipinski definition) is 4. The lowest BCUT2D eigenvalue weighted by Crippen LogP contribution is -2.26. The van der Waals surface area contributed by atoms with Crippen LogP contribution in [0.2, 0.25) is 0 Å². The van der Waals surface area contributed by atoms with Crippen LogP contribution in [0.3, 0.4) is 0 Å². The van der Waals surface area contributed by atoms with Crippen molar-refractivity contribution in [3.8, 4) is 0 Å². The Balaban J connectivity index is 2.10. The van der Waals surface area contributed by atoms with Crippen LogP contribution in [0.5, 0.6) is 0 Å². The van der Waals surface area contributed by atoms with Crippen molar-refractivity contribution in [2.24, 2.45) is 9.98 Å². The molecule has 0 aliphatic rings. The van der Waals surface area contributed by atoms with Crippen molar-refractivity contribution >= 4 is 12.1 Å². The van der Waals surface area contributed by atoms with Crippen molar-refractivity contribution in [2.75, 3.05) is 19.6 Å². The van der Waals surface area contributed by atoms with Gasteiger partial charge in [-0.15, -0.1) is 0 Å². The molecule has 0 aliphatic carbocycles. The molecule has 0 radical (unpaired) electrons. The van der Waals surface area contributed by atoms with Crippen LogP contribution in [-0.4, -0.2) is 31.7 Å². The molecular formula is C14H19N3O2. The molecule has 0 saturated carbocycles. The molecule has 1 aromatic rings. The number of carbonyl (C=O) groups excluding carboxylic acids is 1. The van der Waals surface area contributed by atoms with Crippen LogP contribution in [0.1, 0.15) is 18.9 Å². The van der Waals surface area contributed by atoms with Crippen LogP contribution in [0.4, 0.5) is 4.79 Å². The number of benzene rings is 1. The maximum absolute atomic E-state index is 11.3. The second-order valence-corrected chi connectivity index (χ2v) is 3.85. The number of ether oxygens (including phenoxy) is 1. The molecule has 1 N–H and O–H groups in total. The number of amides is 1. The second kappa shape index (κ2) is 9.85. The summed E-state index contributed by atoms with van der Waals surface area (Å²) in [5.74, 6) is 0. The summed E-state index contributed by atoms with van der Waals surface area (Å²) in [7, 11) is 0. The SMILES string of the molecule is CCCN=C=NCCNC(=O)OCc1ccccc1. The predicted octanol–water partition coefficient (Wildman–Crippen LogP) is 2.50. The highest BCUT2D eigenvalue weighted by Crippen LogP contribution is 2.00. The number of hydrogen-bond donors (Lipinski definition) is 1. The van der Waals surface area contributed by atoms with Crippen LogP contribution in [0, 0.1) is 0 Å². The Kier molecular flexibility index (Phi) is 7.74. The van der Waals surface area contributed by atoms with Crippen molar-refractivity contribution in [3.63, 3.8) is 0 Å². The monoisotopic (exact) mass is 261 g/mol. The quantitative estimate of drug-likeness (QED) is 0.605. The van der Waals surface area contributed by atoms with Crippen LogP contribution >= 0.6 is 0 Å². The molecule has 5 heteroatoms. The molecule has 0 atom stereocenters. The number of carbonyl (C=O) groups is 1. The van der Waals surface area contributed by atoms with Gasteiger partial charge in [-0.3, -0.25) is 0 Å². The second-order valence-electron chi connectivity index (χ2n) is 3.85.